The van der Waals surface area contributed by atoms with Crippen LogP contribution >= 0.6 is 31.9 Å². The van der Waals surface area contributed by atoms with E-state index < -0.39 is 0 Å². The maximum absolute atomic E-state index is 11.6. The van der Waals surface area contributed by atoms with Crippen molar-refractivity contribution in [2.45, 2.75) is 6.92 Å². The average molecular weight is 415 g/mol. The van der Waals surface area contributed by atoms with Gasteiger partial charge in [0.25, 0.3) is 5.91 Å². The lowest BCUT2D eigenvalue weighted by Crippen LogP contribution is -2.25. The van der Waals surface area contributed by atoms with E-state index in [1.165, 1.54) is 11.8 Å². The number of furan rings is 1. The normalized spacial score (nSPS) is 10.8. The van der Waals surface area contributed by atoms with Gasteiger partial charge in [0, 0.05) is 11.8 Å². The van der Waals surface area contributed by atoms with Gasteiger partial charge in [0.15, 0.2) is 4.67 Å². The van der Waals surface area contributed by atoms with Crippen LogP contribution in [0.3, 0.4) is 0 Å². The predicted octanol–water partition coefficient (Wildman–Crippen LogP) is 3.68. The number of nitrogens with zero attached hydrogens (tertiary/aromatic N) is 1. The number of nitrogens with one attached hydrogen (secondary N) is 2. The number of amides is 1. The predicted molar refractivity (Wildman–Crippen MR) is 89.5 cm³/mol. The first-order valence-corrected chi connectivity index (χ1v) is 7.70. The number of hydrazone groups is 1. The molecule has 0 bridgehead atoms. The maximum atomic E-state index is 11.6. The molecular weight excluding hydrogens is 402 g/mol. The van der Waals surface area contributed by atoms with Crippen LogP contribution in [0.5, 0.6) is 0 Å². The molecule has 1 heterocycles. The molecule has 0 fully saturated rings. The second kappa shape index (κ2) is 7.42. The summed E-state index contributed by atoms with van der Waals surface area (Å²) in [5, 5.41) is 6.83. The Morgan fingerprint density at radius 1 is 1.33 bits per heavy atom. The molecule has 2 aromatic rings. The Labute approximate surface area is 139 Å². The number of carbonyl (C=O) groups is 1. The lowest BCUT2D eigenvalue weighted by atomic mass is 10.2. The van der Waals surface area contributed by atoms with Crippen molar-refractivity contribution in [3.8, 4) is 0 Å². The molecule has 2 rings (SSSR count). The Morgan fingerprint density at radius 3 is 2.67 bits per heavy atom. The van der Waals surface area contributed by atoms with Gasteiger partial charge in [0.05, 0.1) is 17.2 Å². The summed E-state index contributed by atoms with van der Waals surface area (Å²) >= 11 is 6.51. The highest BCUT2D eigenvalue weighted by molar-refractivity contribution is 9.13. The van der Waals surface area contributed by atoms with E-state index in [9.17, 15) is 4.79 Å². The highest BCUT2D eigenvalue weighted by Crippen LogP contribution is 2.25. The van der Waals surface area contributed by atoms with Crippen LogP contribution in [-0.4, -0.2) is 18.7 Å². The van der Waals surface area contributed by atoms with Gasteiger partial charge in [-0.05, 0) is 50.9 Å². The monoisotopic (exact) mass is 413 g/mol. The number of hydrogen-bond acceptors (Lipinski definition) is 4. The number of rotatable bonds is 5. The van der Waals surface area contributed by atoms with Crippen molar-refractivity contribution in [3.63, 3.8) is 0 Å². The SMILES string of the molecule is Cc1ccc(NCC(=O)N/N=C/c2cc(Br)c(Br)o2)cc1. The Kier molecular flexibility index (Phi) is 5.58. The third-order valence-electron chi connectivity index (χ3n) is 2.55. The Balaban J connectivity index is 1.78. The number of hydrogen-bond donors (Lipinski definition) is 2. The van der Waals surface area contributed by atoms with Gasteiger partial charge in [-0.25, -0.2) is 5.43 Å². The van der Waals surface area contributed by atoms with E-state index in [4.69, 9.17) is 4.42 Å². The van der Waals surface area contributed by atoms with E-state index in [0.29, 0.717) is 10.4 Å². The fraction of sp³-hybridized carbons (Fsp3) is 0.143. The minimum absolute atomic E-state index is 0.145. The van der Waals surface area contributed by atoms with Crippen LogP contribution in [0.4, 0.5) is 5.69 Å². The maximum Gasteiger partial charge on any atom is 0.259 e. The first-order chi connectivity index (χ1) is 10.0. The van der Waals surface area contributed by atoms with Gasteiger partial charge in [0.1, 0.15) is 5.76 Å². The highest BCUT2D eigenvalue weighted by atomic mass is 79.9. The molecule has 2 N–H and O–H groups in total. The Morgan fingerprint density at radius 2 is 2.05 bits per heavy atom. The van der Waals surface area contributed by atoms with Gasteiger partial charge in [-0.3, -0.25) is 4.79 Å². The van der Waals surface area contributed by atoms with Crippen molar-refractivity contribution in [2.24, 2.45) is 5.10 Å². The summed E-state index contributed by atoms with van der Waals surface area (Å²) in [4.78, 5) is 11.6. The van der Waals surface area contributed by atoms with Crippen LogP contribution in [0.15, 0.2) is 49.0 Å². The summed E-state index contributed by atoms with van der Waals surface area (Å²) in [6.07, 6.45) is 1.43. The zero-order chi connectivity index (χ0) is 15.2. The van der Waals surface area contributed by atoms with E-state index in [2.05, 4.69) is 47.7 Å². The molecule has 7 heteroatoms. The first-order valence-electron chi connectivity index (χ1n) is 6.12. The van der Waals surface area contributed by atoms with E-state index in [1.54, 1.807) is 6.07 Å². The summed E-state index contributed by atoms with van der Waals surface area (Å²) in [7, 11) is 0. The van der Waals surface area contributed by atoms with Crippen molar-refractivity contribution in [3.05, 3.63) is 50.8 Å². The molecular formula is C14H13Br2N3O2. The number of benzene rings is 1. The molecule has 21 heavy (non-hydrogen) atoms. The van der Waals surface area contributed by atoms with Crippen LogP contribution in [0.25, 0.3) is 0 Å². The van der Waals surface area contributed by atoms with Crippen molar-refractivity contribution in [1.29, 1.82) is 0 Å². The lowest BCUT2D eigenvalue weighted by molar-refractivity contribution is -0.119. The van der Waals surface area contributed by atoms with Gasteiger partial charge in [-0.15, -0.1) is 0 Å². The van der Waals surface area contributed by atoms with Gasteiger partial charge in [-0.2, -0.15) is 5.10 Å². The molecule has 0 spiro atoms. The van der Waals surface area contributed by atoms with Crippen molar-refractivity contribution >= 4 is 49.7 Å². The molecule has 0 atom stereocenters. The molecule has 0 saturated heterocycles. The van der Waals surface area contributed by atoms with Gasteiger partial charge in [-0.1, -0.05) is 17.7 Å². The second-order valence-electron chi connectivity index (χ2n) is 4.28. The molecule has 110 valence electrons. The molecule has 0 aliphatic heterocycles. The van der Waals surface area contributed by atoms with E-state index >= 15 is 0 Å². The van der Waals surface area contributed by atoms with Gasteiger partial charge >= 0.3 is 0 Å². The number of carbonyl (C=O) groups excluding carboxylic acids is 1. The number of anilines is 1. The Hall–Kier alpha value is -1.60. The zero-order valence-corrected chi connectivity index (χ0v) is 14.4. The quantitative estimate of drug-likeness (QED) is 0.579. The van der Waals surface area contributed by atoms with E-state index in [1.807, 2.05) is 31.2 Å². The third-order valence-corrected chi connectivity index (χ3v) is 4.26. The van der Waals surface area contributed by atoms with Crippen LogP contribution in [0.1, 0.15) is 11.3 Å². The minimum Gasteiger partial charge on any atom is -0.447 e. The second-order valence-corrected chi connectivity index (χ2v) is 5.86. The smallest absolute Gasteiger partial charge is 0.259 e. The summed E-state index contributed by atoms with van der Waals surface area (Å²) in [6.45, 7) is 2.16. The fourth-order valence-electron chi connectivity index (χ4n) is 1.49. The molecule has 5 nitrogen and oxygen atoms in total. The number of aryl methyl sites for hydroxylation is 1. The molecule has 0 saturated carbocycles. The third kappa shape index (κ3) is 5.02. The van der Waals surface area contributed by atoms with Crippen LogP contribution in [0, 0.1) is 6.92 Å². The standard InChI is InChI=1S/C14H13Br2N3O2/c1-9-2-4-10(5-3-9)17-8-13(20)19-18-7-11-6-12(15)14(16)21-11/h2-7,17H,8H2,1H3,(H,19,20)/b18-7+. The molecule has 1 aromatic heterocycles. The van der Waals surface area contributed by atoms with Crippen LogP contribution in [-0.2, 0) is 4.79 Å². The molecule has 0 aliphatic rings. The largest absolute Gasteiger partial charge is 0.447 e. The molecule has 0 aliphatic carbocycles. The lowest BCUT2D eigenvalue weighted by Gasteiger charge is -2.05. The van der Waals surface area contributed by atoms with E-state index in [-0.39, 0.29) is 12.5 Å². The van der Waals surface area contributed by atoms with Gasteiger partial charge in [0.2, 0.25) is 0 Å². The van der Waals surface area contributed by atoms with Crippen LogP contribution < -0.4 is 10.7 Å². The minimum atomic E-state index is -0.239. The molecule has 1 amide bonds. The number of halogens is 2. The molecule has 1 aromatic carbocycles. The van der Waals surface area contributed by atoms with Crippen molar-refractivity contribution in [1.82, 2.24) is 5.43 Å². The van der Waals surface area contributed by atoms with E-state index in [0.717, 1.165) is 10.2 Å². The topological polar surface area (TPSA) is 66.6 Å². The zero-order valence-electron chi connectivity index (χ0n) is 11.2. The fourth-order valence-corrected chi connectivity index (χ4v) is 2.10. The summed E-state index contributed by atoms with van der Waals surface area (Å²) in [5.41, 5.74) is 4.48. The highest BCUT2D eigenvalue weighted by Gasteiger charge is 2.04. The first kappa shape index (κ1) is 15.8. The van der Waals surface area contributed by atoms with Crippen LogP contribution in [0.2, 0.25) is 0 Å². The summed E-state index contributed by atoms with van der Waals surface area (Å²) < 4.78 is 6.66. The summed E-state index contributed by atoms with van der Waals surface area (Å²) in [6, 6.07) is 9.54. The van der Waals surface area contributed by atoms with Crippen molar-refractivity contribution in [2.75, 3.05) is 11.9 Å². The molecule has 0 unspecified atom stereocenters. The Bertz CT molecular complexity index is 631. The summed E-state index contributed by atoms with van der Waals surface area (Å²) in [5.74, 6) is 0.289. The van der Waals surface area contributed by atoms with Crippen molar-refractivity contribution < 1.29 is 9.21 Å². The average Bonchev–Trinajstić information content (AvgIpc) is 2.77. The molecule has 0 radical (unpaired) electrons. The van der Waals surface area contributed by atoms with Gasteiger partial charge < -0.3 is 9.73 Å².